The summed E-state index contributed by atoms with van der Waals surface area (Å²) < 4.78 is 0. The van der Waals surface area contributed by atoms with Crippen molar-refractivity contribution in [3.05, 3.63) is 35.4 Å². The van der Waals surface area contributed by atoms with E-state index in [4.69, 9.17) is 5.84 Å². The first-order valence-corrected chi connectivity index (χ1v) is 7.63. The molecule has 0 amide bonds. The Balaban J connectivity index is 2.14. The highest BCUT2D eigenvalue weighted by Crippen LogP contribution is 2.33. The van der Waals surface area contributed by atoms with Crippen molar-refractivity contribution in [2.24, 2.45) is 11.8 Å². The summed E-state index contributed by atoms with van der Waals surface area (Å²) in [5.74, 6) is 8.94. The van der Waals surface area contributed by atoms with E-state index in [-0.39, 0.29) is 0 Å². The number of benzene rings is 1. The molecule has 1 aromatic rings. The van der Waals surface area contributed by atoms with Crippen LogP contribution in [-0.2, 0) is 6.42 Å². The zero-order chi connectivity index (χ0) is 12.1. The zero-order valence-corrected chi connectivity index (χ0v) is 11.3. The van der Waals surface area contributed by atoms with Crippen LogP contribution in [0.15, 0.2) is 24.3 Å². The van der Waals surface area contributed by atoms with Gasteiger partial charge in [-0.2, -0.15) is 11.8 Å². The predicted octanol–water partition coefficient (Wildman–Crippen LogP) is 2.90. The van der Waals surface area contributed by atoms with Gasteiger partial charge >= 0.3 is 0 Å². The van der Waals surface area contributed by atoms with Gasteiger partial charge in [-0.1, -0.05) is 37.6 Å². The molecular formula is C14H22N2S. The van der Waals surface area contributed by atoms with Gasteiger partial charge in [0.1, 0.15) is 0 Å². The Kier molecular flexibility index (Phi) is 4.89. The Labute approximate surface area is 108 Å². The van der Waals surface area contributed by atoms with Crippen molar-refractivity contribution < 1.29 is 0 Å². The number of aryl methyl sites for hydroxylation is 1. The lowest BCUT2D eigenvalue weighted by Crippen LogP contribution is -2.33. The third kappa shape index (κ3) is 3.24. The molecule has 3 N–H and O–H groups in total. The largest absolute Gasteiger partial charge is 0.271 e. The average molecular weight is 250 g/mol. The summed E-state index contributed by atoms with van der Waals surface area (Å²) in [6.45, 7) is 2.22. The molecule has 2 atom stereocenters. The molecule has 1 aliphatic heterocycles. The molecule has 94 valence electrons. The SMILES string of the molecule is CCCc1cccc(C(NN)C2CCSC2)c1. The van der Waals surface area contributed by atoms with Gasteiger partial charge in [0.25, 0.3) is 0 Å². The summed E-state index contributed by atoms with van der Waals surface area (Å²) in [5, 5.41) is 0. The lowest BCUT2D eigenvalue weighted by Gasteiger charge is -2.23. The zero-order valence-electron chi connectivity index (χ0n) is 10.5. The topological polar surface area (TPSA) is 38.0 Å². The van der Waals surface area contributed by atoms with Crippen LogP contribution >= 0.6 is 11.8 Å². The summed E-state index contributed by atoms with van der Waals surface area (Å²) in [6.07, 6.45) is 3.63. The molecule has 1 aliphatic rings. The fraction of sp³-hybridized carbons (Fsp3) is 0.571. The van der Waals surface area contributed by atoms with E-state index in [1.165, 1.54) is 35.5 Å². The van der Waals surface area contributed by atoms with E-state index in [0.717, 1.165) is 6.42 Å². The molecule has 0 spiro atoms. The molecule has 1 heterocycles. The molecule has 17 heavy (non-hydrogen) atoms. The fourth-order valence-corrected chi connectivity index (χ4v) is 3.85. The second-order valence-corrected chi connectivity index (χ2v) is 5.91. The second kappa shape index (κ2) is 6.43. The van der Waals surface area contributed by atoms with E-state index >= 15 is 0 Å². The maximum Gasteiger partial charge on any atom is 0.0496 e. The number of thioether (sulfide) groups is 1. The minimum absolute atomic E-state index is 0.321. The van der Waals surface area contributed by atoms with Crippen LogP contribution in [0, 0.1) is 5.92 Å². The van der Waals surface area contributed by atoms with E-state index in [2.05, 4.69) is 36.6 Å². The number of nitrogens with one attached hydrogen (secondary N) is 1. The van der Waals surface area contributed by atoms with Crippen LogP contribution in [0.1, 0.15) is 36.9 Å². The van der Waals surface area contributed by atoms with Gasteiger partial charge in [0.05, 0.1) is 0 Å². The number of rotatable bonds is 5. The Morgan fingerprint density at radius 2 is 2.41 bits per heavy atom. The van der Waals surface area contributed by atoms with Crippen LogP contribution in [0.3, 0.4) is 0 Å². The Morgan fingerprint density at radius 1 is 1.53 bits per heavy atom. The maximum absolute atomic E-state index is 5.75. The van der Waals surface area contributed by atoms with E-state index in [0.29, 0.717) is 12.0 Å². The first kappa shape index (κ1) is 12.9. The molecular weight excluding hydrogens is 228 g/mol. The van der Waals surface area contributed by atoms with Crippen molar-refractivity contribution in [3.8, 4) is 0 Å². The van der Waals surface area contributed by atoms with E-state index in [1.807, 2.05) is 11.8 Å². The van der Waals surface area contributed by atoms with E-state index in [1.54, 1.807) is 0 Å². The highest BCUT2D eigenvalue weighted by atomic mass is 32.2. The molecule has 0 aliphatic carbocycles. The van der Waals surface area contributed by atoms with Gasteiger partial charge in [-0.3, -0.25) is 11.3 Å². The van der Waals surface area contributed by atoms with Crippen LogP contribution in [-0.4, -0.2) is 11.5 Å². The molecule has 2 rings (SSSR count). The molecule has 1 saturated heterocycles. The number of hydrogen-bond acceptors (Lipinski definition) is 3. The van der Waals surface area contributed by atoms with Crippen molar-refractivity contribution in [2.45, 2.75) is 32.2 Å². The number of hydrazine groups is 1. The monoisotopic (exact) mass is 250 g/mol. The molecule has 2 nitrogen and oxygen atoms in total. The highest BCUT2D eigenvalue weighted by Gasteiger charge is 2.25. The van der Waals surface area contributed by atoms with Crippen LogP contribution in [0.4, 0.5) is 0 Å². The first-order valence-electron chi connectivity index (χ1n) is 6.48. The van der Waals surface area contributed by atoms with Crippen molar-refractivity contribution in [2.75, 3.05) is 11.5 Å². The van der Waals surface area contributed by atoms with Gasteiger partial charge in [-0.05, 0) is 41.4 Å². The number of hydrogen-bond donors (Lipinski definition) is 2. The second-order valence-electron chi connectivity index (χ2n) is 4.76. The normalized spacial score (nSPS) is 21.6. The van der Waals surface area contributed by atoms with Crippen molar-refractivity contribution >= 4 is 11.8 Å². The van der Waals surface area contributed by atoms with Crippen LogP contribution in [0.2, 0.25) is 0 Å². The third-order valence-corrected chi connectivity index (χ3v) is 4.65. The fourth-order valence-electron chi connectivity index (χ4n) is 2.55. The molecule has 0 radical (unpaired) electrons. The lowest BCUT2D eigenvalue weighted by atomic mass is 9.91. The Morgan fingerprint density at radius 3 is 3.06 bits per heavy atom. The molecule has 2 unspecified atom stereocenters. The van der Waals surface area contributed by atoms with E-state index < -0.39 is 0 Å². The summed E-state index contributed by atoms with van der Waals surface area (Å²) in [5.41, 5.74) is 5.80. The minimum Gasteiger partial charge on any atom is -0.271 e. The summed E-state index contributed by atoms with van der Waals surface area (Å²) >= 11 is 2.04. The summed E-state index contributed by atoms with van der Waals surface area (Å²) in [4.78, 5) is 0. The quantitative estimate of drug-likeness (QED) is 0.623. The van der Waals surface area contributed by atoms with Gasteiger partial charge in [0, 0.05) is 6.04 Å². The summed E-state index contributed by atoms with van der Waals surface area (Å²) in [7, 11) is 0. The van der Waals surface area contributed by atoms with E-state index in [9.17, 15) is 0 Å². The van der Waals surface area contributed by atoms with Gasteiger partial charge in [0.15, 0.2) is 0 Å². The average Bonchev–Trinajstić information content (AvgIpc) is 2.85. The lowest BCUT2D eigenvalue weighted by molar-refractivity contribution is 0.400. The van der Waals surface area contributed by atoms with Crippen LogP contribution in [0.25, 0.3) is 0 Å². The van der Waals surface area contributed by atoms with Crippen molar-refractivity contribution in [3.63, 3.8) is 0 Å². The smallest absolute Gasteiger partial charge is 0.0496 e. The number of nitrogens with two attached hydrogens (primary N) is 1. The van der Waals surface area contributed by atoms with Crippen molar-refractivity contribution in [1.82, 2.24) is 5.43 Å². The van der Waals surface area contributed by atoms with Crippen LogP contribution in [0.5, 0.6) is 0 Å². The summed E-state index contributed by atoms with van der Waals surface area (Å²) in [6, 6.07) is 9.21. The maximum atomic E-state index is 5.75. The molecule has 3 heteroatoms. The molecule has 0 aromatic heterocycles. The minimum atomic E-state index is 0.321. The van der Waals surface area contributed by atoms with Crippen LogP contribution < -0.4 is 11.3 Å². The third-order valence-electron chi connectivity index (χ3n) is 3.46. The van der Waals surface area contributed by atoms with Gasteiger partial charge in [-0.15, -0.1) is 0 Å². The molecule has 1 aromatic carbocycles. The molecule has 1 fully saturated rings. The van der Waals surface area contributed by atoms with Gasteiger partial charge in [0.2, 0.25) is 0 Å². The Bertz CT molecular complexity index is 348. The Hall–Kier alpha value is -0.510. The standard InChI is InChI=1S/C14H22N2S/c1-2-4-11-5-3-6-12(9-11)14(16-15)13-7-8-17-10-13/h3,5-6,9,13-14,16H,2,4,7-8,10,15H2,1H3. The molecule has 0 saturated carbocycles. The van der Waals surface area contributed by atoms with Gasteiger partial charge in [-0.25, -0.2) is 0 Å². The highest BCUT2D eigenvalue weighted by molar-refractivity contribution is 7.99. The van der Waals surface area contributed by atoms with Crippen molar-refractivity contribution in [1.29, 1.82) is 0 Å². The first-order chi connectivity index (χ1) is 8.35. The van der Waals surface area contributed by atoms with Gasteiger partial charge < -0.3 is 0 Å². The molecule has 0 bridgehead atoms. The predicted molar refractivity (Wildman–Crippen MR) is 75.9 cm³/mol.